The zero-order chi connectivity index (χ0) is 27.7. The molecule has 0 spiro atoms. The van der Waals surface area contributed by atoms with E-state index >= 15 is 0 Å². The van der Waals surface area contributed by atoms with Gasteiger partial charge in [0.25, 0.3) is 0 Å². The molecule has 0 aromatic heterocycles. The Morgan fingerprint density at radius 2 is 1.62 bits per heavy atom. The van der Waals surface area contributed by atoms with Crippen molar-refractivity contribution in [3.8, 4) is 0 Å². The molecule has 10 heteroatoms. The minimum absolute atomic E-state index is 0.0346. The van der Waals surface area contributed by atoms with Crippen LogP contribution in [-0.4, -0.2) is 52.6 Å². The molecule has 1 saturated heterocycles. The number of ether oxygens (including phenoxy) is 2. The number of rotatable bonds is 11. The Balaban J connectivity index is 1.42. The van der Waals surface area contributed by atoms with Crippen LogP contribution in [-0.2, 0) is 35.7 Å². The first-order chi connectivity index (χ1) is 18.8. The van der Waals surface area contributed by atoms with Crippen LogP contribution in [0.3, 0.4) is 0 Å². The minimum Gasteiger partial charge on any atom is -0.461 e. The van der Waals surface area contributed by atoms with Gasteiger partial charge >= 0.3 is 5.97 Å². The Hall–Kier alpha value is -3.73. The van der Waals surface area contributed by atoms with Gasteiger partial charge in [0, 0.05) is 30.9 Å². The van der Waals surface area contributed by atoms with Crippen molar-refractivity contribution in [3.05, 3.63) is 90.0 Å². The molecule has 3 aromatic rings. The highest BCUT2D eigenvalue weighted by molar-refractivity contribution is 7.89. The molecule has 1 unspecified atom stereocenters. The third-order valence-corrected chi connectivity index (χ3v) is 7.82. The van der Waals surface area contributed by atoms with Gasteiger partial charge in [-0.25, -0.2) is 8.42 Å². The second-order valence-corrected chi connectivity index (χ2v) is 11.0. The number of benzene rings is 3. The van der Waals surface area contributed by atoms with Crippen molar-refractivity contribution in [2.75, 3.05) is 36.5 Å². The average Bonchev–Trinajstić information content (AvgIpc) is 2.95. The summed E-state index contributed by atoms with van der Waals surface area (Å²) in [5, 5.41) is 2.78. The third kappa shape index (κ3) is 8.38. The molecule has 1 atom stereocenters. The number of anilines is 2. The number of hydrogen-bond donors (Lipinski definition) is 2. The number of aryl methyl sites for hydroxylation is 1. The van der Waals surface area contributed by atoms with Crippen molar-refractivity contribution in [1.82, 2.24) is 4.72 Å². The summed E-state index contributed by atoms with van der Waals surface area (Å²) in [4.78, 5) is 27.9. The zero-order valence-corrected chi connectivity index (χ0v) is 22.7. The van der Waals surface area contributed by atoms with Crippen LogP contribution in [0.5, 0.6) is 0 Å². The standard InChI is InChI=1S/C29H33N3O6S/c1-22-7-13-26(14-8-22)39(35,36)31-27(15-16-28(33)38-21-23-5-3-2-4-6-23)29(34)30-24-9-11-25(12-10-24)32-17-19-37-20-18-32/h2-14,27,31H,15-21H2,1H3,(H,30,34). The predicted octanol–water partition coefficient (Wildman–Crippen LogP) is 3.64. The van der Waals surface area contributed by atoms with Crippen LogP contribution in [0.15, 0.2) is 83.8 Å². The highest BCUT2D eigenvalue weighted by atomic mass is 32.2. The lowest BCUT2D eigenvalue weighted by Gasteiger charge is -2.29. The van der Waals surface area contributed by atoms with Crippen molar-refractivity contribution in [2.24, 2.45) is 0 Å². The van der Waals surface area contributed by atoms with Crippen molar-refractivity contribution >= 4 is 33.3 Å². The van der Waals surface area contributed by atoms with E-state index in [-0.39, 0.29) is 24.3 Å². The first-order valence-corrected chi connectivity index (χ1v) is 14.3. The molecule has 1 aliphatic heterocycles. The minimum atomic E-state index is -4.02. The number of amides is 1. The molecule has 206 valence electrons. The number of nitrogens with zero attached hydrogens (tertiary/aromatic N) is 1. The molecule has 3 aromatic carbocycles. The SMILES string of the molecule is Cc1ccc(S(=O)(=O)NC(CCC(=O)OCc2ccccc2)C(=O)Nc2ccc(N3CCOCC3)cc2)cc1. The summed E-state index contributed by atoms with van der Waals surface area (Å²) >= 11 is 0. The molecule has 9 nitrogen and oxygen atoms in total. The quantitative estimate of drug-likeness (QED) is 0.350. The summed E-state index contributed by atoms with van der Waals surface area (Å²) in [7, 11) is -4.02. The van der Waals surface area contributed by atoms with Crippen LogP contribution in [0.25, 0.3) is 0 Å². The van der Waals surface area contributed by atoms with E-state index in [0.717, 1.165) is 29.9 Å². The van der Waals surface area contributed by atoms with Crippen molar-refractivity contribution in [1.29, 1.82) is 0 Å². The van der Waals surface area contributed by atoms with E-state index in [4.69, 9.17) is 9.47 Å². The number of carbonyl (C=O) groups is 2. The summed E-state index contributed by atoms with van der Waals surface area (Å²) in [6.07, 6.45) is -0.215. The summed E-state index contributed by atoms with van der Waals surface area (Å²) in [5.41, 5.74) is 3.27. The second kappa shape index (κ2) is 13.4. The summed E-state index contributed by atoms with van der Waals surface area (Å²) in [6.45, 7) is 4.85. The fraction of sp³-hybridized carbons (Fsp3) is 0.310. The fourth-order valence-corrected chi connectivity index (χ4v) is 5.33. The van der Waals surface area contributed by atoms with Gasteiger partial charge in [0.15, 0.2) is 0 Å². The molecular weight excluding hydrogens is 518 g/mol. The Morgan fingerprint density at radius 1 is 0.949 bits per heavy atom. The maximum Gasteiger partial charge on any atom is 0.306 e. The third-order valence-electron chi connectivity index (χ3n) is 6.34. The van der Waals surface area contributed by atoms with Gasteiger partial charge in [0.05, 0.1) is 18.1 Å². The number of esters is 1. The lowest BCUT2D eigenvalue weighted by Crippen LogP contribution is -2.44. The van der Waals surface area contributed by atoms with Gasteiger partial charge in [-0.15, -0.1) is 0 Å². The molecule has 0 saturated carbocycles. The van der Waals surface area contributed by atoms with Gasteiger partial charge < -0.3 is 19.7 Å². The van der Waals surface area contributed by atoms with E-state index in [1.807, 2.05) is 49.4 Å². The van der Waals surface area contributed by atoms with Gasteiger partial charge in [-0.1, -0.05) is 48.0 Å². The van der Waals surface area contributed by atoms with Crippen molar-refractivity contribution in [3.63, 3.8) is 0 Å². The van der Waals surface area contributed by atoms with E-state index in [9.17, 15) is 18.0 Å². The average molecular weight is 552 g/mol. The molecule has 39 heavy (non-hydrogen) atoms. The lowest BCUT2D eigenvalue weighted by atomic mass is 10.1. The molecule has 1 heterocycles. The molecular formula is C29H33N3O6S. The van der Waals surface area contributed by atoms with Gasteiger partial charge in [-0.05, 0) is 55.3 Å². The number of nitrogens with one attached hydrogen (secondary N) is 2. The summed E-state index contributed by atoms with van der Waals surface area (Å²) in [5.74, 6) is -1.10. The van der Waals surface area contributed by atoms with Crippen molar-refractivity contribution in [2.45, 2.75) is 37.3 Å². The number of sulfonamides is 1. The molecule has 0 bridgehead atoms. The number of carbonyl (C=O) groups excluding carboxylic acids is 2. The lowest BCUT2D eigenvalue weighted by molar-refractivity contribution is -0.145. The highest BCUT2D eigenvalue weighted by Crippen LogP contribution is 2.20. The molecule has 4 rings (SSSR count). The van der Waals surface area contributed by atoms with Gasteiger partial charge in [-0.2, -0.15) is 4.72 Å². The molecule has 1 fully saturated rings. The highest BCUT2D eigenvalue weighted by Gasteiger charge is 2.27. The van der Waals surface area contributed by atoms with E-state index in [2.05, 4.69) is 14.9 Å². The first-order valence-electron chi connectivity index (χ1n) is 12.8. The van der Waals surface area contributed by atoms with Gasteiger partial charge in [-0.3, -0.25) is 9.59 Å². The molecule has 1 amide bonds. The molecule has 0 radical (unpaired) electrons. The Kier molecular flexibility index (Phi) is 9.69. The maximum atomic E-state index is 13.2. The van der Waals surface area contributed by atoms with Crippen LogP contribution in [0.2, 0.25) is 0 Å². The maximum absolute atomic E-state index is 13.2. The normalized spacial score (nSPS) is 14.4. The van der Waals surface area contributed by atoms with Gasteiger partial charge in [0.1, 0.15) is 12.6 Å². The van der Waals surface area contributed by atoms with Gasteiger partial charge in [0.2, 0.25) is 15.9 Å². The second-order valence-electron chi connectivity index (χ2n) is 9.31. The van der Waals surface area contributed by atoms with Crippen LogP contribution in [0.1, 0.15) is 24.0 Å². The molecule has 0 aliphatic carbocycles. The Bertz CT molecular complexity index is 1340. The van der Waals surface area contributed by atoms with Crippen LogP contribution in [0.4, 0.5) is 11.4 Å². The Morgan fingerprint density at radius 3 is 2.28 bits per heavy atom. The summed E-state index contributed by atoms with van der Waals surface area (Å²) in [6, 6.07) is 21.7. The number of morpholine rings is 1. The monoisotopic (exact) mass is 551 g/mol. The predicted molar refractivity (Wildman–Crippen MR) is 149 cm³/mol. The largest absolute Gasteiger partial charge is 0.461 e. The fourth-order valence-electron chi connectivity index (χ4n) is 4.10. The molecule has 1 aliphatic rings. The zero-order valence-electron chi connectivity index (χ0n) is 21.8. The van der Waals surface area contributed by atoms with E-state index < -0.39 is 27.9 Å². The van der Waals surface area contributed by atoms with Crippen LogP contribution < -0.4 is 14.9 Å². The van der Waals surface area contributed by atoms with Crippen molar-refractivity contribution < 1.29 is 27.5 Å². The van der Waals surface area contributed by atoms with E-state index in [1.165, 1.54) is 12.1 Å². The van der Waals surface area contributed by atoms with E-state index in [1.54, 1.807) is 24.3 Å². The summed E-state index contributed by atoms with van der Waals surface area (Å²) < 4.78 is 39.3. The van der Waals surface area contributed by atoms with Crippen LogP contribution >= 0.6 is 0 Å². The molecule has 2 N–H and O–H groups in total. The van der Waals surface area contributed by atoms with E-state index in [0.29, 0.717) is 18.9 Å². The Labute approximate surface area is 229 Å². The number of hydrogen-bond acceptors (Lipinski definition) is 7. The first kappa shape index (κ1) is 28.3. The van der Waals surface area contributed by atoms with Crippen LogP contribution in [0, 0.1) is 6.92 Å². The smallest absolute Gasteiger partial charge is 0.306 e. The topological polar surface area (TPSA) is 114 Å².